The quantitative estimate of drug-likeness (QED) is 0.291. The topological polar surface area (TPSA) is 56.3 Å². The molecule has 0 N–H and O–H groups in total. The molecule has 0 saturated heterocycles. The summed E-state index contributed by atoms with van der Waals surface area (Å²) in [5, 5.41) is 0. The first-order valence-corrected chi connectivity index (χ1v) is 13.8. The molecule has 0 unspecified atom stereocenters. The molecule has 4 aromatic rings. The van der Waals surface area contributed by atoms with E-state index in [9.17, 15) is 8.42 Å². The number of hydrogen-bond donors (Lipinski definition) is 0. The van der Waals surface area contributed by atoms with E-state index in [0.29, 0.717) is 0 Å². The van der Waals surface area contributed by atoms with E-state index in [2.05, 4.69) is 4.98 Å². The Morgan fingerprint density at radius 3 is 2.13 bits per heavy atom. The Morgan fingerprint density at radius 2 is 1.43 bits per heavy atom. The Balaban J connectivity index is 1.83. The van der Waals surface area contributed by atoms with Crippen molar-refractivity contribution in [3.8, 4) is 11.3 Å². The predicted molar refractivity (Wildman–Crippen MR) is 127 cm³/mol. The number of pyridine rings is 1. The van der Waals surface area contributed by atoms with E-state index >= 15 is 0 Å². The zero-order valence-corrected chi connectivity index (χ0v) is 19.2. The molecule has 0 atom stereocenters. The molecule has 0 bridgehead atoms. The van der Waals surface area contributed by atoms with Crippen LogP contribution in [-0.4, -0.2) is 13.4 Å². The Morgan fingerprint density at radius 1 is 0.767 bits per heavy atom. The van der Waals surface area contributed by atoms with Crippen LogP contribution in [0.3, 0.4) is 0 Å². The Bertz CT molecular complexity index is 1230. The molecule has 0 radical (unpaired) electrons. The molecule has 3 aromatic carbocycles. The number of benzene rings is 3. The van der Waals surface area contributed by atoms with E-state index in [1.165, 1.54) is 0 Å². The molecule has 1 heterocycles. The van der Waals surface area contributed by atoms with E-state index in [-0.39, 0.29) is 4.90 Å². The summed E-state index contributed by atoms with van der Waals surface area (Å²) in [5.41, 5.74) is 2.68. The Kier molecular flexibility index (Phi) is 6.26. The maximum atomic E-state index is 13.1. The predicted octanol–water partition coefficient (Wildman–Crippen LogP) is 5.92. The van der Waals surface area contributed by atoms with Crippen LogP contribution in [0.4, 0.5) is 0 Å². The summed E-state index contributed by atoms with van der Waals surface area (Å²) in [4.78, 5) is 4.64. The van der Waals surface area contributed by atoms with Crippen LogP contribution in [0.2, 0.25) is 0 Å². The van der Waals surface area contributed by atoms with E-state index in [4.69, 9.17) is 2.51 Å². The van der Waals surface area contributed by atoms with Crippen molar-refractivity contribution < 1.29 is 10.9 Å². The van der Waals surface area contributed by atoms with Crippen molar-refractivity contribution >= 4 is 30.4 Å². The van der Waals surface area contributed by atoms with Crippen molar-refractivity contribution in [2.75, 3.05) is 0 Å². The molecule has 0 fully saturated rings. The number of aromatic nitrogens is 1. The van der Waals surface area contributed by atoms with Crippen LogP contribution in [0.15, 0.2) is 108 Å². The summed E-state index contributed by atoms with van der Waals surface area (Å²) in [6.07, 6.45) is 1.73. The Hall–Kier alpha value is -2.55. The molecule has 4 rings (SSSR count). The van der Waals surface area contributed by atoms with Crippen molar-refractivity contribution in [3.63, 3.8) is 0 Å². The van der Waals surface area contributed by atoms with Gasteiger partial charge in [0.15, 0.2) is 0 Å². The Labute approximate surface area is 184 Å². The molecule has 0 aliphatic carbocycles. The zero-order valence-electron chi connectivity index (χ0n) is 16.3. The second kappa shape index (κ2) is 9.07. The van der Waals surface area contributed by atoms with E-state index < -0.39 is 30.4 Å². The summed E-state index contributed by atoms with van der Waals surface area (Å²) in [6.45, 7) is 1.92. The van der Waals surface area contributed by atoms with Gasteiger partial charge in [-0.15, -0.1) is 0 Å². The number of rotatable bonds is 6. The third-order valence-corrected chi connectivity index (χ3v) is 11.9. The van der Waals surface area contributed by atoms with Gasteiger partial charge in [0.25, 0.3) is 0 Å². The second-order valence-electron chi connectivity index (χ2n) is 6.57. The summed E-state index contributed by atoms with van der Waals surface area (Å²) in [5.74, 6) is 0. The van der Waals surface area contributed by atoms with Crippen molar-refractivity contribution in [3.05, 3.63) is 116 Å². The van der Waals surface area contributed by atoms with E-state index in [1.807, 2.05) is 79.7 Å². The average Bonchev–Trinajstić information content (AvgIpc) is 2.79. The minimum absolute atomic E-state index is 0.168. The SMILES string of the molecule is Cc1ccc(S(=O)(=O)OI(c2ccccc2)c2ccccc2-c2ccccn2)cc1. The third kappa shape index (κ3) is 4.61. The molecule has 0 saturated carbocycles. The van der Waals surface area contributed by atoms with Crippen LogP contribution in [0.1, 0.15) is 5.56 Å². The number of halogens is 1. The number of hydrogen-bond acceptors (Lipinski definition) is 4. The van der Waals surface area contributed by atoms with Gasteiger partial charge in [-0.2, -0.15) is 0 Å². The molecule has 0 aliphatic rings. The van der Waals surface area contributed by atoms with Gasteiger partial charge in [-0.1, -0.05) is 0 Å². The van der Waals surface area contributed by atoms with E-state index in [1.54, 1.807) is 30.5 Å². The second-order valence-corrected chi connectivity index (χ2v) is 13.0. The maximum absolute atomic E-state index is 13.1. The van der Waals surface area contributed by atoms with Gasteiger partial charge in [-0.3, -0.25) is 0 Å². The number of aryl methyl sites for hydroxylation is 1. The van der Waals surface area contributed by atoms with Gasteiger partial charge in [0.2, 0.25) is 0 Å². The molecule has 0 spiro atoms. The molecule has 6 heteroatoms. The molecule has 0 amide bonds. The van der Waals surface area contributed by atoms with Gasteiger partial charge in [0.05, 0.1) is 0 Å². The van der Waals surface area contributed by atoms with Crippen molar-refractivity contribution in [1.29, 1.82) is 0 Å². The summed E-state index contributed by atoms with van der Waals surface area (Å²) in [6, 6.07) is 29.8. The molecular formula is C24H20INO3S. The fourth-order valence-electron chi connectivity index (χ4n) is 2.88. The van der Waals surface area contributed by atoms with Crippen LogP contribution in [0.25, 0.3) is 11.3 Å². The van der Waals surface area contributed by atoms with Gasteiger partial charge in [-0.25, -0.2) is 0 Å². The molecule has 1 aromatic heterocycles. The fourth-order valence-corrected chi connectivity index (χ4v) is 10.2. The van der Waals surface area contributed by atoms with Crippen LogP contribution >= 0.6 is 20.2 Å². The van der Waals surface area contributed by atoms with Gasteiger partial charge in [0, 0.05) is 0 Å². The van der Waals surface area contributed by atoms with Crippen molar-refractivity contribution in [1.82, 2.24) is 4.98 Å². The normalized spacial score (nSPS) is 11.8. The first kappa shape index (κ1) is 20.7. The standard InChI is InChI=1S/C24H20INO3S/c1-19-14-16-21(17-15-19)30(27,28)29-25(20-9-3-2-4-10-20)23-12-6-5-11-22(23)24-13-7-8-18-26-24/h2-18H,1H3. The minimum atomic E-state index is -3.92. The monoisotopic (exact) mass is 529 g/mol. The van der Waals surface area contributed by atoms with E-state index in [0.717, 1.165) is 24.0 Å². The van der Waals surface area contributed by atoms with Crippen LogP contribution in [0.5, 0.6) is 0 Å². The average molecular weight is 529 g/mol. The van der Waals surface area contributed by atoms with Crippen LogP contribution < -0.4 is 0 Å². The summed E-state index contributed by atoms with van der Waals surface area (Å²) >= 11 is -2.82. The molecule has 4 nitrogen and oxygen atoms in total. The van der Waals surface area contributed by atoms with Gasteiger partial charge < -0.3 is 0 Å². The van der Waals surface area contributed by atoms with Crippen LogP contribution in [-0.2, 0) is 12.6 Å². The first-order valence-electron chi connectivity index (χ1n) is 9.32. The third-order valence-electron chi connectivity index (χ3n) is 4.39. The molecule has 152 valence electrons. The molecule has 0 aliphatic heterocycles. The zero-order chi connectivity index (χ0) is 21.0. The molecular weight excluding hydrogens is 509 g/mol. The summed E-state index contributed by atoms with van der Waals surface area (Å²) < 4.78 is 34.1. The van der Waals surface area contributed by atoms with Gasteiger partial charge in [-0.05, 0) is 0 Å². The van der Waals surface area contributed by atoms with Gasteiger partial charge >= 0.3 is 185 Å². The van der Waals surface area contributed by atoms with Crippen LogP contribution in [0, 0.1) is 14.1 Å². The molecule has 30 heavy (non-hydrogen) atoms. The fraction of sp³-hybridized carbons (Fsp3) is 0.0417. The van der Waals surface area contributed by atoms with Crippen molar-refractivity contribution in [2.24, 2.45) is 0 Å². The number of nitrogens with zero attached hydrogens (tertiary/aromatic N) is 1. The van der Waals surface area contributed by atoms with Gasteiger partial charge in [0.1, 0.15) is 0 Å². The first-order chi connectivity index (χ1) is 14.5. The summed E-state index contributed by atoms with van der Waals surface area (Å²) in [7, 11) is -3.92. The van der Waals surface area contributed by atoms with Crippen molar-refractivity contribution in [2.45, 2.75) is 11.8 Å².